The number of likely N-dealkylation sites (N-methyl/N-ethyl adjacent to an activating group) is 1. The molecular formula is C22H26N4O4. The molecule has 2 amide bonds. The van der Waals surface area contributed by atoms with Crippen LogP contribution in [0.4, 0.5) is 5.82 Å². The second-order valence-corrected chi connectivity index (χ2v) is 7.32. The maximum atomic E-state index is 12.6. The van der Waals surface area contributed by atoms with Gasteiger partial charge >= 0.3 is 5.97 Å². The zero-order valence-electron chi connectivity index (χ0n) is 17.2. The molecule has 8 nitrogen and oxygen atoms in total. The van der Waals surface area contributed by atoms with Crippen LogP contribution in [0.15, 0.2) is 36.5 Å². The number of fused-ring (bicyclic) bond motifs is 1. The molecule has 1 aromatic carbocycles. The molecular weight excluding hydrogens is 384 g/mol. The van der Waals surface area contributed by atoms with Gasteiger partial charge in [0.25, 0.3) is 0 Å². The minimum atomic E-state index is -0.535. The molecule has 0 radical (unpaired) electrons. The fraction of sp³-hybridized carbons (Fsp3) is 0.364. The predicted molar refractivity (Wildman–Crippen MR) is 114 cm³/mol. The Hall–Kier alpha value is -3.42. The summed E-state index contributed by atoms with van der Waals surface area (Å²) in [6.45, 7) is 1.03. The van der Waals surface area contributed by atoms with Gasteiger partial charge in [-0.25, -0.2) is 4.98 Å². The topological polar surface area (TPSA) is 106 Å². The third-order valence-corrected chi connectivity index (χ3v) is 5.47. The molecule has 0 bridgehead atoms. The normalized spacial score (nSPS) is 14.8. The van der Waals surface area contributed by atoms with E-state index in [0.29, 0.717) is 31.7 Å². The monoisotopic (exact) mass is 410 g/mol. The number of methoxy groups -OCH3 is 1. The number of aromatic nitrogens is 1. The number of amides is 2. The van der Waals surface area contributed by atoms with Crippen molar-refractivity contribution in [2.45, 2.75) is 25.3 Å². The van der Waals surface area contributed by atoms with Crippen LogP contribution in [0.2, 0.25) is 0 Å². The lowest BCUT2D eigenvalue weighted by molar-refractivity contribution is -0.147. The summed E-state index contributed by atoms with van der Waals surface area (Å²) in [4.78, 5) is 43.4. The van der Waals surface area contributed by atoms with Gasteiger partial charge in [-0.15, -0.1) is 0 Å². The summed E-state index contributed by atoms with van der Waals surface area (Å²) in [5.41, 5.74) is 6.77. The molecule has 30 heavy (non-hydrogen) atoms. The van der Waals surface area contributed by atoms with Gasteiger partial charge in [0, 0.05) is 43.8 Å². The Morgan fingerprint density at radius 2 is 2.00 bits per heavy atom. The molecule has 8 heteroatoms. The van der Waals surface area contributed by atoms with E-state index in [1.165, 1.54) is 7.11 Å². The Morgan fingerprint density at radius 1 is 1.27 bits per heavy atom. The number of ether oxygens (including phenoxy) is 1. The Kier molecular flexibility index (Phi) is 6.66. The molecule has 0 saturated carbocycles. The summed E-state index contributed by atoms with van der Waals surface area (Å²) in [5.74, 6) is -0.382. The Bertz CT molecular complexity index is 980. The number of hydrogen-bond donors (Lipinski definition) is 1. The molecule has 158 valence electrons. The van der Waals surface area contributed by atoms with Crippen LogP contribution in [0.5, 0.6) is 0 Å². The Morgan fingerprint density at radius 3 is 2.70 bits per heavy atom. The summed E-state index contributed by atoms with van der Waals surface area (Å²) < 4.78 is 4.54. The first-order chi connectivity index (χ1) is 14.4. The number of carbonyl (C=O) groups is 3. The lowest BCUT2D eigenvalue weighted by atomic mass is 10.0. The minimum Gasteiger partial charge on any atom is -0.469 e. The number of nitrogen functional groups attached to an aromatic ring is 1. The largest absolute Gasteiger partial charge is 0.469 e. The molecule has 1 aromatic heterocycles. The first kappa shape index (κ1) is 21.3. The molecule has 0 unspecified atom stereocenters. The first-order valence-corrected chi connectivity index (χ1v) is 9.82. The van der Waals surface area contributed by atoms with E-state index < -0.39 is 5.97 Å². The molecule has 2 heterocycles. The maximum Gasteiger partial charge on any atom is 0.315 e. The zero-order chi connectivity index (χ0) is 21.7. The van der Waals surface area contributed by atoms with Crippen molar-refractivity contribution in [1.82, 2.24) is 14.8 Å². The summed E-state index contributed by atoms with van der Waals surface area (Å²) in [7, 11) is 3.04. The number of hydrogen-bond acceptors (Lipinski definition) is 6. The summed E-state index contributed by atoms with van der Waals surface area (Å²) in [5, 5.41) is 1.85. The molecule has 0 spiro atoms. The number of nitrogens with two attached hydrogens (primary N) is 1. The lowest BCUT2D eigenvalue weighted by Gasteiger charge is -2.36. The smallest absolute Gasteiger partial charge is 0.315 e. The van der Waals surface area contributed by atoms with Gasteiger partial charge < -0.3 is 20.3 Å². The van der Waals surface area contributed by atoms with Gasteiger partial charge in [0.15, 0.2) is 0 Å². The van der Waals surface area contributed by atoms with Gasteiger partial charge in [0.1, 0.15) is 12.2 Å². The van der Waals surface area contributed by atoms with E-state index in [-0.39, 0.29) is 24.3 Å². The highest BCUT2D eigenvalue weighted by molar-refractivity contribution is 5.95. The van der Waals surface area contributed by atoms with Crippen LogP contribution in [-0.4, -0.2) is 65.9 Å². The molecule has 3 rings (SSSR count). The number of rotatable bonds is 5. The van der Waals surface area contributed by atoms with Crippen molar-refractivity contribution in [2.24, 2.45) is 0 Å². The SMILES string of the molecule is COC(=O)CC(=O)N1CCC(N(C)C(=O)/C=C/c2ccc3c(N)nccc3c2)CC1. The highest BCUT2D eigenvalue weighted by atomic mass is 16.5. The quantitative estimate of drug-likeness (QED) is 0.458. The molecule has 0 atom stereocenters. The standard InChI is InChI=1S/C22H26N4O4/c1-25(17-8-11-26(12-9-17)20(28)14-21(29)30-2)19(27)6-4-15-3-5-18-16(13-15)7-10-24-22(18)23/h3-7,10,13,17H,8-9,11-12,14H2,1-2H3,(H2,23,24)/b6-4+. The minimum absolute atomic E-state index is 0.0480. The Labute approximate surface area is 175 Å². The molecule has 0 aliphatic carbocycles. The average Bonchev–Trinajstić information content (AvgIpc) is 2.77. The van der Waals surface area contributed by atoms with E-state index in [0.717, 1.165) is 16.3 Å². The van der Waals surface area contributed by atoms with Gasteiger partial charge in [-0.3, -0.25) is 14.4 Å². The van der Waals surface area contributed by atoms with Crippen LogP contribution in [-0.2, 0) is 19.1 Å². The summed E-state index contributed by atoms with van der Waals surface area (Å²) in [6.07, 6.45) is 6.10. The van der Waals surface area contributed by atoms with Crippen LogP contribution in [0, 0.1) is 0 Å². The second kappa shape index (κ2) is 9.39. The number of nitrogens with zero attached hydrogens (tertiary/aromatic N) is 3. The van der Waals surface area contributed by atoms with Crippen LogP contribution in [0.3, 0.4) is 0 Å². The van der Waals surface area contributed by atoms with Crippen LogP contribution in [0.1, 0.15) is 24.8 Å². The number of anilines is 1. The van der Waals surface area contributed by atoms with Crippen molar-refractivity contribution in [2.75, 3.05) is 33.0 Å². The average molecular weight is 410 g/mol. The van der Waals surface area contributed by atoms with Crippen molar-refractivity contribution in [3.8, 4) is 0 Å². The number of esters is 1. The van der Waals surface area contributed by atoms with E-state index in [4.69, 9.17) is 5.73 Å². The van der Waals surface area contributed by atoms with Crippen LogP contribution >= 0.6 is 0 Å². The van der Waals surface area contributed by atoms with Gasteiger partial charge in [-0.2, -0.15) is 0 Å². The van der Waals surface area contributed by atoms with Crippen molar-refractivity contribution in [1.29, 1.82) is 0 Å². The number of carbonyl (C=O) groups excluding carboxylic acids is 3. The molecule has 1 aliphatic heterocycles. The number of benzene rings is 1. The molecule has 2 N–H and O–H groups in total. The lowest BCUT2D eigenvalue weighted by Crippen LogP contribution is -2.47. The van der Waals surface area contributed by atoms with E-state index in [1.54, 1.807) is 35.2 Å². The van der Waals surface area contributed by atoms with Crippen LogP contribution in [0.25, 0.3) is 16.8 Å². The third kappa shape index (κ3) is 4.94. The molecule has 2 aromatic rings. The molecule has 1 saturated heterocycles. The van der Waals surface area contributed by atoms with Gasteiger partial charge in [0.2, 0.25) is 11.8 Å². The molecule has 1 aliphatic rings. The fourth-order valence-electron chi connectivity index (χ4n) is 3.60. The summed E-state index contributed by atoms with van der Waals surface area (Å²) in [6, 6.07) is 7.68. The molecule has 1 fully saturated rings. The predicted octanol–water partition coefficient (Wildman–Crippen LogP) is 1.84. The number of pyridine rings is 1. The first-order valence-electron chi connectivity index (χ1n) is 9.82. The highest BCUT2D eigenvalue weighted by Gasteiger charge is 2.27. The van der Waals surface area contributed by atoms with Crippen molar-refractivity contribution in [3.05, 3.63) is 42.1 Å². The Balaban J connectivity index is 1.56. The van der Waals surface area contributed by atoms with Crippen molar-refractivity contribution < 1.29 is 19.1 Å². The maximum absolute atomic E-state index is 12.6. The highest BCUT2D eigenvalue weighted by Crippen LogP contribution is 2.21. The van der Waals surface area contributed by atoms with Crippen LogP contribution < -0.4 is 5.73 Å². The van der Waals surface area contributed by atoms with E-state index >= 15 is 0 Å². The van der Waals surface area contributed by atoms with Gasteiger partial charge in [-0.05, 0) is 42.0 Å². The van der Waals surface area contributed by atoms with E-state index in [9.17, 15) is 14.4 Å². The second-order valence-electron chi connectivity index (χ2n) is 7.32. The van der Waals surface area contributed by atoms with Crippen molar-refractivity contribution in [3.63, 3.8) is 0 Å². The number of likely N-dealkylation sites (tertiary alicyclic amines) is 1. The van der Waals surface area contributed by atoms with E-state index in [2.05, 4.69) is 9.72 Å². The van der Waals surface area contributed by atoms with Crippen molar-refractivity contribution >= 4 is 40.4 Å². The zero-order valence-corrected chi connectivity index (χ0v) is 17.2. The van der Waals surface area contributed by atoms with E-state index in [1.807, 2.05) is 24.3 Å². The summed E-state index contributed by atoms with van der Waals surface area (Å²) >= 11 is 0. The third-order valence-electron chi connectivity index (χ3n) is 5.47. The fourth-order valence-corrected chi connectivity index (χ4v) is 3.60. The van der Waals surface area contributed by atoms with Gasteiger partial charge in [0.05, 0.1) is 7.11 Å². The van der Waals surface area contributed by atoms with Gasteiger partial charge in [-0.1, -0.05) is 12.1 Å². The number of piperidine rings is 1.